The molecule has 1 aromatic heterocycles. The molecular weight excluding hydrogens is 263 g/mol. The molecule has 1 heterocycles. The topological polar surface area (TPSA) is 25.8 Å². The summed E-state index contributed by atoms with van der Waals surface area (Å²) in [6.45, 7) is 8.40. The molecule has 3 heteroatoms. The number of aryl methyl sites for hydroxylation is 1. The fourth-order valence-corrected chi connectivity index (χ4v) is 2.33. The first-order chi connectivity index (χ1) is 5.41. The molecule has 1 aromatic rings. The Bertz CT molecular complexity index is 289. The van der Waals surface area contributed by atoms with E-state index in [0.717, 1.165) is 11.4 Å². The van der Waals surface area contributed by atoms with E-state index in [-0.39, 0.29) is 5.41 Å². The monoisotopic (exact) mass is 276 g/mol. The maximum absolute atomic E-state index is 4.19. The van der Waals surface area contributed by atoms with Crippen molar-refractivity contribution in [1.29, 1.82) is 0 Å². The highest BCUT2D eigenvalue weighted by molar-refractivity contribution is 14.1. The Hall–Kier alpha value is -0.190. The first kappa shape index (κ1) is 9.89. The zero-order valence-electron chi connectivity index (χ0n) is 7.85. The second kappa shape index (κ2) is 3.28. The standard InChI is InChI=1S/C9H13IN2/c1-6-5-7(10)8(12-11-6)9(2,3)4/h5H,1-4H3. The van der Waals surface area contributed by atoms with Crippen LogP contribution in [0, 0.1) is 10.5 Å². The molecule has 12 heavy (non-hydrogen) atoms. The zero-order valence-corrected chi connectivity index (χ0v) is 10.0. The largest absolute Gasteiger partial charge is 0.156 e. The van der Waals surface area contributed by atoms with Crippen LogP contribution in [0.2, 0.25) is 0 Å². The highest BCUT2D eigenvalue weighted by Crippen LogP contribution is 2.24. The van der Waals surface area contributed by atoms with Gasteiger partial charge in [0, 0.05) is 8.99 Å². The lowest BCUT2D eigenvalue weighted by atomic mass is 9.92. The molecule has 0 fully saturated rings. The van der Waals surface area contributed by atoms with E-state index in [4.69, 9.17) is 0 Å². The second-order valence-electron chi connectivity index (χ2n) is 3.93. The van der Waals surface area contributed by atoms with Crippen molar-refractivity contribution >= 4 is 22.6 Å². The number of halogens is 1. The van der Waals surface area contributed by atoms with Gasteiger partial charge in [-0.1, -0.05) is 20.8 Å². The van der Waals surface area contributed by atoms with Gasteiger partial charge in [-0.15, -0.1) is 0 Å². The smallest absolute Gasteiger partial charge is 0.0817 e. The maximum atomic E-state index is 4.19. The molecule has 0 unspecified atom stereocenters. The van der Waals surface area contributed by atoms with E-state index in [9.17, 15) is 0 Å². The van der Waals surface area contributed by atoms with Gasteiger partial charge in [0.25, 0.3) is 0 Å². The highest BCUT2D eigenvalue weighted by Gasteiger charge is 2.19. The van der Waals surface area contributed by atoms with Crippen molar-refractivity contribution in [2.45, 2.75) is 33.1 Å². The minimum Gasteiger partial charge on any atom is -0.156 e. The fourth-order valence-electron chi connectivity index (χ4n) is 0.965. The summed E-state index contributed by atoms with van der Waals surface area (Å²) in [5.74, 6) is 0. The Morgan fingerprint density at radius 2 is 1.83 bits per heavy atom. The van der Waals surface area contributed by atoms with E-state index in [2.05, 4.69) is 59.6 Å². The molecule has 0 aromatic carbocycles. The van der Waals surface area contributed by atoms with Gasteiger partial charge >= 0.3 is 0 Å². The van der Waals surface area contributed by atoms with Crippen LogP contribution in [0.3, 0.4) is 0 Å². The van der Waals surface area contributed by atoms with Gasteiger partial charge < -0.3 is 0 Å². The maximum Gasteiger partial charge on any atom is 0.0817 e. The Labute approximate surface area is 86.9 Å². The quantitative estimate of drug-likeness (QED) is 0.681. The number of hydrogen-bond acceptors (Lipinski definition) is 2. The van der Waals surface area contributed by atoms with Crippen LogP contribution in [-0.4, -0.2) is 10.2 Å². The first-order valence-corrected chi connectivity index (χ1v) is 4.99. The lowest BCUT2D eigenvalue weighted by Crippen LogP contribution is -2.16. The molecule has 2 nitrogen and oxygen atoms in total. The molecular formula is C9H13IN2. The van der Waals surface area contributed by atoms with Gasteiger partial charge in [0.15, 0.2) is 0 Å². The third kappa shape index (κ3) is 2.15. The predicted octanol–water partition coefficient (Wildman–Crippen LogP) is 2.69. The van der Waals surface area contributed by atoms with Crippen molar-refractivity contribution in [3.63, 3.8) is 0 Å². The van der Waals surface area contributed by atoms with Crippen LogP contribution >= 0.6 is 22.6 Å². The third-order valence-corrected chi connectivity index (χ3v) is 2.40. The van der Waals surface area contributed by atoms with E-state index < -0.39 is 0 Å². The molecule has 0 aliphatic carbocycles. The van der Waals surface area contributed by atoms with Crippen LogP contribution in [0.4, 0.5) is 0 Å². The SMILES string of the molecule is Cc1cc(I)c(C(C)(C)C)nn1. The summed E-state index contributed by atoms with van der Waals surface area (Å²) in [7, 11) is 0. The molecule has 1 rings (SSSR count). The van der Waals surface area contributed by atoms with Crippen LogP contribution < -0.4 is 0 Å². The van der Waals surface area contributed by atoms with Crippen LogP contribution in [0.1, 0.15) is 32.2 Å². The van der Waals surface area contributed by atoms with Crippen LogP contribution in [-0.2, 0) is 5.41 Å². The van der Waals surface area contributed by atoms with Crippen LogP contribution in [0.25, 0.3) is 0 Å². The summed E-state index contributed by atoms with van der Waals surface area (Å²) in [6, 6.07) is 2.06. The van der Waals surface area contributed by atoms with Gasteiger partial charge in [0.2, 0.25) is 0 Å². The third-order valence-electron chi connectivity index (χ3n) is 1.58. The highest BCUT2D eigenvalue weighted by atomic mass is 127. The van der Waals surface area contributed by atoms with Crippen molar-refractivity contribution in [3.05, 3.63) is 21.0 Å². The minimum absolute atomic E-state index is 0.0945. The molecule has 0 N–H and O–H groups in total. The fraction of sp³-hybridized carbons (Fsp3) is 0.556. The van der Waals surface area contributed by atoms with Crippen LogP contribution in [0.15, 0.2) is 6.07 Å². The van der Waals surface area contributed by atoms with Crippen molar-refractivity contribution in [1.82, 2.24) is 10.2 Å². The summed E-state index contributed by atoms with van der Waals surface area (Å²) < 4.78 is 1.20. The zero-order chi connectivity index (χ0) is 9.35. The van der Waals surface area contributed by atoms with Gasteiger partial charge in [-0.3, -0.25) is 0 Å². The van der Waals surface area contributed by atoms with Gasteiger partial charge in [0.05, 0.1) is 11.4 Å². The molecule has 0 saturated carbocycles. The van der Waals surface area contributed by atoms with Gasteiger partial charge in [-0.2, -0.15) is 10.2 Å². The number of aromatic nitrogens is 2. The van der Waals surface area contributed by atoms with Gasteiger partial charge in [0.1, 0.15) is 0 Å². The van der Waals surface area contributed by atoms with Crippen molar-refractivity contribution in [2.75, 3.05) is 0 Å². The van der Waals surface area contributed by atoms with Crippen molar-refractivity contribution < 1.29 is 0 Å². The minimum atomic E-state index is 0.0945. The average molecular weight is 276 g/mol. The first-order valence-electron chi connectivity index (χ1n) is 3.91. The molecule has 0 saturated heterocycles. The van der Waals surface area contributed by atoms with E-state index in [1.165, 1.54) is 3.57 Å². The lowest BCUT2D eigenvalue weighted by molar-refractivity contribution is 0.553. The molecule has 0 bridgehead atoms. The molecule has 0 radical (unpaired) electrons. The normalized spacial score (nSPS) is 11.8. The number of nitrogens with zero attached hydrogens (tertiary/aromatic N) is 2. The molecule has 0 spiro atoms. The van der Waals surface area contributed by atoms with E-state index in [1.807, 2.05) is 6.92 Å². The second-order valence-corrected chi connectivity index (χ2v) is 5.09. The van der Waals surface area contributed by atoms with E-state index in [1.54, 1.807) is 0 Å². The summed E-state index contributed by atoms with van der Waals surface area (Å²) >= 11 is 2.31. The van der Waals surface area contributed by atoms with Gasteiger partial charge in [-0.05, 0) is 35.6 Å². The average Bonchev–Trinajstić information content (AvgIpc) is 1.83. The Balaban J connectivity index is 3.19. The molecule has 66 valence electrons. The summed E-state index contributed by atoms with van der Waals surface area (Å²) in [5.41, 5.74) is 2.15. The molecule has 0 aliphatic heterocycles. The summed E-state index contributed by atoms with van der Waals surface area (Å²) in [4.78, 5) is 0. The lowest BCUT2D eigenvalue weighted by Gasteiger charge is -2.18. The molecule has 0 amide bonds. The summed E-state index contributed by atoms with van der Waals surface area (Å²) in [6.07, 6.45) is 0. The van der Waals surface area contributed by atoms with E-state index >= 15 is 0 Å². The molecule has 0 atom stereocenters. The van der Waals surface area contributed by atoms with E-state index in [0.29, 0.717) is 0 Å². The Morgan fingerprint density at radius 1 is 1.25 bits per heavy atom. The molecule has 0 aliphatic rings. The van der Waals surface area contributed by atoms with Crippen LogP contribution in [0.5, 0.6) is 0 Å². The summed E-state index contributed by atoms with van der Waals surface area (Å²) in [5, 5.41) is 8.24. The number of rotatable bonds is 0. The Morgan fingerprint density at radius 3 is 2.25 bits per heavy atom. The van der Waals surface area contributed by atoms with Crippen molar-refractivity contribution in [3.8, 4) is 0 Å². The van der Waals surface area contributed by atoms with Gasteiger partial charge in [-0.25, -0.2) is 0 Å². The number of hydrogen-bond donors (Lipinski definition) is 0. The Kier molecular flexibility index (Phi) is 2.70. The predicted molar refractivity (Wildman–Crippen MR) is 58.2 cm³/mol. The van der Waals surface area contributed by atoms with Crippen molar-refractivity contribution in [2.24, 2.45) is 0 Å².